The van der Waals surface area contributed by atoms with Gasteiger partial charge in [0.2, 0.25) is 0 Å². The molecule has 0 amide bonds. The Labute approximate surface area is 98.0 Å². The van der Waals surface area contributed by atoms with Crippen LogP contribution in [0.25, 0.3) is 0 Å². The molecule has 4 heteroatoms. The van der Waals surface area contributed by atoms with Gasteiger partial charge in [-0.25, -0.2) is 4.79 Å². The molecule has 0 aliphatic carbocycles. The van der Waals surface area contributed by atoms with Gasteiger partial charge in [-0.05, 0) is 49.7 Å². The zero-order valence-corrected chi connectivity index (χ0v) is 10.9. The van der Waals surface area contributed by atoms with E-state index in [-0.39, 0.29) is 5.97 Å². The molecule has 0 aliphatic heterocycles. The first kappa shape index (κ1) is 12.2. The van der Waals surface area contributed by atoms with Crippen molar-refractivity contribution >= 4 is 21.9 Å². The second kappa shape index (κ2) is 4.31. The van der Waals surface area contributed by atoms with E-state index in [1.165, 1.54) is 0 Å². The van der Waals surface area contributed by atoms with E-state index < -0.39 is 5.60 Å². The number of carbonyl (C=O) groups excluding carboxylic acids is 1. The summed E-state index contributed by atoms with van der Waals surface area (Å²) >= 11 is 3.27. The van der Waals surface area contributed by atoms with Gasteiger partial charge >= 0.3 is 5.97 Å². The van der Waals surface area contributed by atoms with Crippen molar-refractivity contribution in [2.24, 2.45) is 0 Å². The topological polar surface area (TPSA) is 39.2 Å². The van der Waals surface area contributed by atoms with Crippen molar-refractivity contribution in [3.8, 4) is 0 Å². The maximum atomic E-state index is 11.8. The maximum absolute atomic E-state index is 11.8. The minimum absolute atomic E-state index is 0.339. The Hall–Kier alpha value is -0.900. The molecule has 15 heavy (non-hydrogen) atoms. The van der Waals surface area contributed by atoms with Crippen LogP contribution in [0.3, 0.4) is 0 Å². The summed E-state index contributed by atoms with van der Waals surface area (Å²) in [4.78, 5) is 15.8. The number of rotatable bonds is 1. The molecule has 82 valence electrons. The molecule has 1 heterocycles. The summed E-state index contributed by atoms with van der Waals surface area (Å²) < 4.78 is 6.03. The quantitative estimate of drug-likeness (QED) is 0.737. The first-order valence-corrected chi connectivity index (χ1v) is 5.44. The number of aromatic nitrogens is 1. The molecule has 3 nitrogen and oxygen atoms in total. The summed E-state index contributed by atoms with van der Waals surface area (Å²) in [7, 11) is 0. The number of ether oxygens (including phenoxy) is 1. The number of halogens is 1. The highest BCUT2D eigenvalue weighted by molar-refractivity contribution is 9.10. The van der Waals surface area contributed by atoms with Gasteiger partial charge in [-0.15, -0.1) is 0 Å². The minimum atomic E-state index is -0.480. The Morgan fingerprint density at radius 3 is 2.60 bits per heavy atom. The lowest BCUT2D eigenvalue weighted by molar-refractivity contribution is 0.00681. The largest absolute Gasteiger partial charge is 0.456 e. The molecule has 0 fully saturated rings. The highest BCUT2D eigenvalue weighted by Gasteiger charge is 2.19. The van der Waals surface area contributed by atoms with Crippen LogP contribution < -0.4 is 0 Å². The average molecular weight is 272 g/mol. The Morgan fingerprint density at radius 1 is 1.47 bits per heavy atom. The summed E-state index contributed by atoms with van der Waals surface area (Å²) in [6, 6.07) is 1.72. The number of carbonyl (C=O) groups is 1. The van der Waals surface area contributed by atoms with Crippen LogP contribution in [-0.4, -0.2) is 16.6 Å². The first-order chi connectivity index (χ1) is 6.79. The molecule has 0 aliphatic rings. The number of aryl methyl sites for hydroxylation is 1. The number of pyridine rings is 1. The standard InChI is InChI=1S/C11H14BrNO2/c1-7-9(5-8(12)6-13-7)10(14)15-11(2,3)4/h5-6H,1-4H3. The van der Waals surface area contributed by atoms with Crippen molar-refractivity contribution in [2.75, 3.05) is 0 Å². The highest BCUT2D eigenvalue weighted by Crippen LogP contribution is 2.17. The van der Waals surface area contributed by atoms with Crippen LogP contribution >= 0.6 is 15.9 Å². The van der Waals surface area contributed by atoms with Crippen LogP contribution in [0, 0.1) is 6.92 Å². The van der Waals surface area contributed by atoms with E-state index in [9.17, 15) is 4.79 Å². The summed E-state index contributed by atoms with van der Waals surface area (Å²) in [6.45, 7) is 7.30. The Bertz CT molecular complexity index is 383. The summed E-state index contributed by atoms with van der Waals surface area (Å²) in [5.74, 6) is -0.339. The molecule has 0 spiro atoms. The van der Waals surface area contributed by atoms with Gasteiger partial charge in [0.15, 0.2) is 0 Å². The lowest BCUT2D eigenvalue weighted by Gasteiger charge is -2.19. The van der Waals surface area contributed by atoms with Gasteiger partial charge in [0.25, 0.3) is 0 Å². The van der Waals surface area contributed by atoms with Gasteiger partial charge in [-0.2, -0.15) is 0 Å². The monoisotopic (exact) mass is 271 g/mol. The van der Waals surface area contributed by atoms with Crippen LogP contribution in [0.1, 0.15) is 36.8 Å². The molecule has 1 rings (SSSR count). The third-order valence-corrected chi connectivity index (χ3v) is 2.11. The van der Waals surface area contributed by atoms with E-state index in [0.29, 0.717) is 11.3 Å². The Balaban J connectivity index is 2.96. The fourth-order valence-corrected chi connectivity index (χ4v) is 1.38. The van der Waals surface area contributed by atoms with E-state index in [0.717, 1.165) is 4.47 Å². The van der Waals surface area contributed by atoms with Gasteiger partial charge in [-0.3, -0.25) is 4.98 Å². The third kappa shape index (κ3) is 3.63. The van der Waals surface area contributed by atoms with Crippen molar-refractivity contribution in [1.29, 1.82) is 0 Å². The molecule has 0 N–H and O–H groups in total. The van der Waals surface area contributed by atoms with Crippen molar-refractivity contribution < 1.29 is 9.53 Å². The van der Waals surface area contributed by atoms with E-state index in [1.807, 2.05) is 20.8 Å². The SMILES string of the molecule is Cc1ncc(Br)cc1C(=O)OC(C)(C)C. The third-order valence-electron chi connectivity index (χ3n) is 1.67. The number of nitrogens with zero attached hydrogens (tertiary/aromatic N) is 1. The number of hydrogen-bond donors (Lipinski definition) is 0. The van der Waals surface area contributed by atoms with Gasteiger partial charge in [0, 0.05) is 10.7 Å². The molecule has 0 atom stereocenters. The minimum Gasteiger partial charge on any atom is -0.456 e. The van der Waals surface area contributed by atoms with Crippen molar-refractivity contribution in [3.05, 3.63) is 28.0 Å². The Kier molecular flexibility index (Phi) is 3.50. The average Bonchev–Trinajstić information content (AvgIpc) is 2.06. The molecule has 0 unspecified atom stereocenters. The summed E-state index contributed by atoms with van der Waals surface area (Å²) in [5.41, 5.74) is 0.693. The molecule has 0 aromatic carbocycles. The predicted octanol–water partition coefficient (Wildman–Crippen LogP) is 3.11. The first-order valence-electron chi connectivity index (χ1n) is 4.65. The highest BCUT2D eigenvalue weighted by atomic mass is 79.9. The molecule has 1 aromatic heterocycles. The summed E-state index contributed by atoms with van der Waals surface area (Å²) in [6.07, 6.45) is 1.66. The smallest absolute Gasteiger partial charge is 0.340 e. The molecule has 0 bridgehead atoms. The molecule has 1 aromatic rings. The van der Waals surface area contributed by atoms with E-state index in [2.05, 4.69) is 20.9 Å². The van der Waals surface area contributed by atoms with E-state index in [4.69, 9.17) is 4.74 Å². The number of hydrogen-bond acceptors (Lipinski definition) is 3. The van der Waals surface area contributed by atoms with Gasteiger partial charge in [0.05, 0.1) is 11.3 Å². The molecule has 0 saturated heterocycles. The van der Waals surface area contributed by atoms with Crippen molar-refractivity contribution in [3.63, 3.8) is 0 Å². The molecule has 0 saturated carbocycles. The fourth-order valence-electron chi connectivity index (χ4n) is 1.05. The van der Waals surface area contributed by atoms with E-state index in [1.54, 1.807) is 19.2 Å². The zero-order valence-electron chi connectivity index (χ0n) is 9.30. The second-order valence-corrected chi connectivity index (χ2v) is 5.20. The molecular formula is C11H14BrNO2. The lowest BCUT2D eigenvalue weighted by Crippen LogP contribution is -2.24. The Morgan fingerprint density at radius 2 is 2.07 bits per heavy atom. The lowest BCUT2D eigenvalue weighted by atomic mass is 10.1. The summed E-state index contributed by atoms with van der Waals surface area (Å²) in [5, 5.41) is 0. The maximum Gasteiger partial charge on any atom is 0.340 e. The number of esters is 1. The molecule has 0 radical (unpaired) electrons. The fraction of sp³-hybridized carbons (Fsp3) is 0.455. The van der Waals surface area contributed by atoms with Crippen LogP contribution in [0.4, 0.5) is 0 Å². The van der Waals surface area contributed by atoms with Crippen LogP contribution in [-0.2, 0) is 4.74 Å². The normalized spacial score (nSPS) is 11.3. The van der Waals surface area contributed by atoms with E-state index >= 15 is 0 Å². The van der Waals surface area contributed by atoms with Crippen LogP contribution in [0.2, 0.25) is 0 Å². The molecular weight excluding hydrogens is 258 g/mol. The van der Waals surface area contributed by atoms with Crippen molar-refractivity contribution in [2.45, 2.75) is 33.3 Å². The predicted molar refractivity (Wildman–Crippen MR) is 61.8 cm³/mol. The van der Waals surface area contributed by atoms with Gasteiger partial charge in [-0.1, -0.05) is 0 Å². The van der Waals surface area contributed by atoms with Gasteiger partial charge in [0.1, 0.15) is 5.60 Å². The second-order valence-electron chi connectivity index (χ2n) is 4.29. The van der Waals surface area contributed by atoms with Crippen molar-refractivity contribution in [1.82, 2.24) is 4.98 Å². The van der Waals surface area contributed by atoms with Crippen LogP contribution in [0.15, 0.2) is 16.7 Å². The van der Waals surface area contributed by atoms with Gasteiger partial charge < -0.3 is 4.74 Å². The van der Waals surface area contributed by atoms with Crippen LogP contribution in [0.5, 0.6) is 0 Å². The zero-order chi connectivity index (χ0) is 11.6.